The number of aliphatic hydroxyl groups is 1. The van der Waals surface area contributed by atoms with E-state index >= 15 is 0 Å². The van der Waals surface area contributed by atoms with Crippen LogP contribution < -0.4 is 16.0 Å². The highest BCUT2D eigenvalue weighted by molar-refractivity contribution is 5.98. The Morgan fingerprint density at radius 2 is 1.67 bits per heavy atom. The lowest BCUT2D eigenvalue weighted by Crippen LogP contribution is -2.53. The standard InChI is InChI=1S/C32H60N4O6/c1-8-23(4)28(33-14-15-36-16-18-41-19-17-36)30(39)35-29(38)25(22(2)3)21-27(37)26(20-24-12-10-9-11-13-24)34-31(40)42-32(5,6)7/h22-28,33,37H,8-21H2,1-7H3,(H,34,40)(H,35,38,39)/t23-,25-,26-,27-,28-/m0/s1. The van der Waals surface area contributed by atoms with Crippen molar-refractivity contribution >= 4 is 17.9 Å². The zero-order valence-corrected chi connectivity index (χ0v) is 27.4. The van der Waals surface area contributed by atoms with Gasteiger partial charge in [0.2, 0.25) is 11.8 Å². The molecule has 3 amide bonds. The minimum atomic E-state index is -0.954. The van der Waals surface area contributed by atoms with Crippen LogP contribution in [0.5, 0.6) is 0 Å². The summed E-state index contributed by atoms with van der Waals surface area (Å²) in [7, 11) is 0. The average Bonchev–Trinajstić information content (AvgIpc) is 2.93. The number of imide groups is 1. The summed E-state index contributed by atoms with van der Waals surface area (Å²) < 4.78 is 10.9. The lowest BCUT2D eigenvalue weighted by atomic mass is 9.81. The number of nitrogens with zero attached hydrogens (tertiary/aromatic N) is 1. The van der Waals surface area contributed by atoms with Gasteiger partial charge in [0, 0.05) is 32.1 Å². The predicted octanol–water partition coefficient (Wildman–Crippen LogP) is 3.85. The maximum Gasteiger partial charge on any atom is 0.407 e. The molecular weight excluding hydrogens is 536 g/mol. The Bertz CT molecular complexity index is 820. The molecule has 0 aromatic rings. The zero-order chi connectivity index (χ0) is 31.3. The van der Waals surface area contributed by atoms with Gasteiger partial charge in [-0.2, -0.15) is 0 Å². The molecule has 2 fully saturated rings. The van der Waals surface area contributed by atoms with Gasteiger partial charge in [-0.05, 0) is 51.4 Å². The fourth-order valence-corrected chi connectivity index (χ4v) is 5.94. The third-order valence-corrected chi connectivity index (χ3v) is 8.75. The van der Waals surface area contributed by atoms with E-state index in [9.17, 15) is 19.5 Å². The van der Waals surface area contributed by atoms with Crippen LogP contribution in [0.2, 0.25) is 0 Å². The fraction of sp³-hybridized carbons (Fsp3) is 0.906. The van der Waals surface area contributed by atoms with E-state index in [0.29, 0.717) is 18.9 Å². The van der Waals surface area contributed by atoms with Crippen molar-refractivity contribution in [3.63, 3.8) is 0 Å². The van der Waals surface area contributed by atoms with Crippen LogP contribution in [0.4, 0.5) is 4.79 Å². The van der Waals surface area contributed by atoms with Crippen LogP contribution in [0.3, 0.4) is 0 Å². The highest BCUT2D eigenvalue weighted by atomic mass is 16.6. The van der Waals surface area contributed by atoms with E-state index in [-0.39, 0.29) is 30.1 Å². The van der Waals surface area contributed by atoms with Crippen LogP contribution in [0, 0.1) is 23.7 Å². The van der Waals surface area contributed by atoms with Gasteiger partial charge < -0.3 is 25.2 Å². The second-order valence-corrected chi connectivity index (χ2v) is 13.8. The molecule has 10 heteroatoms. The number of aliphatic hydroxyl groups excluding tert-OH is 1. The Labute approximate surface area is 254 Å². The summed E-state index contributed by atoms with van der Waals surface area (Å²) in [5, 5.41) is 20.4. The molecule has 244 valence electrons. The Morgan fingerprint density at radius 3 is 2.24 bits per heavy atom. The summed E-state index contributed by atoms with van der Waals surface area (Å²) in [5.74, 6) is -0.970. The molecule has 1 saturated heterocycles. The number of carbonyl (C=O) groups is 3. The molecule has 0 aromatic carbocycles. The van der Waals surface area contributed by atoms with E-state index in [2.05, 4.69) is 20.9 Å². The molecule has 1 aliphatic carbocycles. The number of carbonyl (C=O) groups excluding carboxylic acids is 3. The molecule has 0 spiro atoms. The SMILES string of the molecule is CC[C@H](C)[C@H](NCCN1CCOCC1)C(=O)NC(=O)[C@@H](C[C@H](O)[C@H](CC1CCCCC1)NC(=O)OC(C)(C)C)C(C)C. The van der Waals surface area contributed by atoms with Gasteiger partial charge >= 0.3 is 6.09 Å². The number of ether oxygens (including phenoxy) is 2. The van der Waals surface area contributed by atoms with Crippen molar-refractivity contribution in [1.82, 2.24) is 20.9 Å². The number of morpholine rings is 1. The molecular formula is C32H60N4O6. The summed E-state index contributed by atoms with van der Waals surface area (Å²) in [6, 6.07) is -1.03. The second-order valence-electron chi connectivity index (χ2n) is 13.8. The van der Waals surface area contributed by atoms with Gasteiger partial charge in [-0.25, -0.2) is 4.79 Å². The van der Waals surface area contributed by atoms with Crippen molar-refractivity contribution in [2.45, 2.75) is 124 Å². The average molecular weight is 597 g/mol. The molecule has 0 aromatic heterocycles. The molecule has 1 aliphatic heterocycles. The summed E-state index contributed by atoms with van der Waals surface area (Å²) in [6.45, 7) is 18.0. The van der Waals surface area contributed by atoms with Gasteiger partial charge in [-0.15, -0.1) is 0 Å². The van der Waals surface area contributed by atoms with Gasteiger partial charge in [-0.1, -0.05) is 66.2 Å². The molecule has 2 aliphatic rings. The maximum absolute atomic E-state index is 13.5. The highest BCUT2D eigenvalue weighted by Crippen LogP contribution is 2.30. The largest absolute Gasteiger partial charge is 0.444 e. The molecule has 2 rings (SSSR count). The first-order valence-electron chi connectivity index (χ1n) is 16.4. The topological polar surface area (TPSA) is 129 Å². The highest BCUT2D eigenvalue weighted by Gasteiger charge is 2.34. The van der Waals surface area contributed by atoms with Crippen molar-refractivity contribution in [2.75, 3.05) is 39.4 Å². The summed E-state index contributed by atoms with van der Waals surface area (Å²) >= 11 is 0. The number of hydrogen-bond donors (Lipinski definition) is 4. The zero-order valence-electron chi connectivity index (χ0n) is 27.4. The molecule has 42 heavy (non-hydrogen) atoms. The summed E-state index contributed by atoms with van der Waals surface area (Å²) in [5.41, 5.74) is -0.659. The van der Waals surface area contributed by atoms with Crippen LogP contribution in [0.25, 0.3) is 0 Å². The van der Waals surface area contributed by atoms with Crippen molar-refractivity contribution < 1.29 is 29.0 Å². The number of nitrogens with one attached hydrogen (secondary N) is 3. The molecule has 4 N–H and O–H groups in total. The van der Waals surface area contributed by atoms with E-state index < -0.39 is 35.8 Å². The molecule has 0 unspecified atom stereocenters. The molecule has 0 radical (unpaired) electrons. The normalized spacial score (nSPS) is 20.8. The Hall–Kier alpha value is -1.75. The number of amides is 3. The predicted molar refractivity (Wildman–Crippen MR) is 165 cm³/mol. The molecule has 10 nitrogen and oxygen atoms in total. The van der Waals surface area contributed by atoms with Gasteiger partial charge in [0.1, 0.15) is 5.60 Å². The lowest BCUT2D eigenvalue weighted by molar-refractivity contribution is -0.136. The van der Waals surface area contributed by atoms with Gasteiger partial charge in [0.25, 0.3) is 0 Å². The molecule has 1 heterocycles. The first-order chi connectivity index (χ1) is 19.8. The third-order valence-electron chi connectivity index (χ3n) is 8.75. The summed E-state index contributed by atoms with van der Waals surface area (Å²) in [4.78, 5) is 41.8. The quantitative estimate of drug-likeness (QED) is 0.224. The number of rotatable bonds is 15. The van der Waals surface area contributed by atoms with E-state index in [0.717, 1.165) is 65.0 Å². The van der Waals surface area contributed by atoms with E-state index in [1.54, 1.807) is 20.8 Å². The Kier molecular flexibility index (Phi) is 15.7. The lowest BCUT2D eigenvalue weighted by Gasteiger charge is -2.33. The molecule has 5 atom stereocenters. The minimum Gasteiger partial charge on any atom is -0.444 e. The molecule has 1 saturated carbocycles. The van der Waals surface area contributed by atoms with E-state index in [4.69, 9.17) is 9.47 Å². The van der Waals surface area contributed by atoms with Crippen LogP contribution in [0.15, 0.2) is 0 Å². The van der Waals surface area contributed by atoms with E-state index in [1.165, 1.54) is 6.42 Å². The van der Waals surface area contributed by atoms with Crippen molar-refractivity contribution in [1.29, 1.82) is 0 Å². The van der Waals surface area contributed by atoms with Crippen LogP contribution in [0.1, 0.15) is 99.8 Å². The summed E-state index contributed by atoms with van der Waals surface area (Å²) in [6.07, 6.45) is 5.70. The van der Waals surface area contributed by atoms with Gasteiger partial charge in [-0.3, -0.25) is 19.8 Å². The molecule has 0 bridgehead atoms. The fourth-order valence-electron chi connectivity index (χ4n) is 5.94. The number of alkyl carbamates (subject to hydrolysis) is 1. The van der Waals surface area contributed by atoms with Gasteiger partial charge in [0.05, 0.1) is 31.4 Å². The van der Waals surface area contributed by atoms with Crippen LogP contribution >= 0.6 is 0 Å². The Balaban J connectivity index is 2.05. The number of hydrogen-bond acceptors (Lipinski definition) is 8. The minimum absolute atomic E-state index is 0.0449. The first kappa shape index (κ1) is 36.4. The van der Waals surface area contributed by atoms with Crippen molar-refractivity contribution in [3.05, 3.63) is 0 Å². The van der Waals surface area contributed by atoms with Crippen LogP contribution in [-0.4, -0.2) is 91.1 Å². The van der Waals surface area contributed by atoms with E-state index in [1.807, 2.05) is 27.7 Å². The second kappa shape index (κ2) is 18.1. The van der Waals surface area contributed by atoms with Gasteiger partial charge in [0.15, 0.2) is 0 Å². The van der Waals surface area contributed by atoms with Crippen molar-refractivity contribution in [2.24, 2.45) is 23.7 Å². The Morgan fingerprint density at radius 1 is 1.02 bits per heavy atom. The van der Waals surface area contributed by atoms with Crippen molar-refractivity contribution in [3.8, 4) is 0 Å². The monoisotopic (exact) mass is 596 g/mol. The third kappa shape index (κ3) is 13.3. The smallest absolute Gasteiger partial charge is 0.407 e. The maximum atomic E-state index is 13.5. The van der Waals surface area contributed by atoms with Crippen LogP contribution in [-0.2, 0) is 19.1 Å². The first-order valence-corrected chi connectivity index (χ1v) is 16.4.